The van der Waals surface area contributed by atoms with Crippen molar-refractivity contribution in [3.8, 4) is 0 Å². The maximum absolute atomic E-state index is 15.0. The summed E-state index contributed by atoms with van der Waals surface area (Å²) >= 11 is 5.91. The highest BCUT2D eigenvalue weighted by Gasteiger charge is 2.46. The van der Waals surface area contributed by atoms with E-state index in [0.29, 0.717) is 0 Å². The van der Waals surface area contributed by atoms with Crippen LogP contribution >= 0.6 is 11.6 Å². The first kappa shape index (κ1) is 22.6. The molecule has 0 bridgehead atoms. The van der Waals surface area contributed by atoms with Crippen molar-refractivity contribution in [2.24, 2.45) is 0 Å². The molecule has 2 aromatic carbocycles. The van der Waals surface area contributed by atoms with Gasteiger partial charge in [-0.2, -0.15) is 8.78 Å². The Kier molecular flexibility index (Phi) is 6.53. The van der Waals surface area contributed by atoms with E-state index in [0.717, 1.165) is 29.2 Å². The Morgan fingerprint density at radius 2 is 1.87 bits per heavy atom. The van der Waals surface area contributed by atoms with Crippen molar-refractivity contribution in [1.29, 1.82) is 0 Å². The van der Waals surface area contributed by atoms with Gasteiger partial charge in [-0.1, -0.05) is 11.6 Å². The minimum atomic E-state index is -3.98. The number of aliphatic hydroxyl groups is 1. The van der Waals surface area contributed by atoms with E-state index in [9.17, 15) is 27.9 Å². The second kappa shape index (κ2) is 8.96. The number of halogens is 4. The summed E-state index contributed by atoms with van der Waals surface area (Å²) in [6.07, 6.45) is -0.243. The van der Waals surface area contributed by atoms with Gasteiger partial charge in [-0.25, -0.2) is 9.24 Å². The number of benzene rings is 2. The monoisotopic (exact) mass is 451 g/mol. The Morgan fingerprint density at radius 1 is 1.19 bits per heavy atom. The fraction of sp³-hybridized carbons (Fsp3) is 0.286. The molecule has 0 atom stereocenters. The van der Waals surface area contributed by atoms with Crippen molar-refractivity contribution in [2.75, 3.05) is 18.4 Å². The molecule has 1 aliphatic heterocycles. The third-order valence-electron chi connectivity index (χ3n) is 4.91. The van der Waals surface area contributed by atoms with Crippen LogP contribution in [-0.4, -0.2) is 41.0 Å². The first-order chi connectivity index (χ1) is 14.6. The molecule has 3 rings (SSSR count). The summed E-state index contributed by atoms with van der Waals surface area (Å²) in [6.45, 7) is 6.88. The van der Waals surface area contributed by atoms with Crippen molar-refractivity contribution < 1.29 is 27.9 Å². The minimum absolute atomic E-state index is 0.0126. The number of carbonyl (C=O) groups excluding carboxylic acids is 2. The molecule has 0 aliphatic carbocycles. The molecule has 0 unspecified atom stereocenters. The molecule has 0 aromatic heterocycles. The Labute approximate surface area is 181 Å². The van der Waals surface area contributed by atoms with Crippen LogP contribution in [0.2, 0.25) is 5.02 Å². The van der Waals surface area contributed by atoms with Crippen molar-refractivity contribution >= 4 is 34.8 Å². The van der Waals surface area contributed by atoms with Gasteiger partial charge >= 0.3 is 5.92 Å². The topological polar surface area (TPSA) is 74.0 Å². The van der Waals surface area contributed by atoms with Crippen molar-refractivity contribution in [1.82, 2.24) is 4.90 Å². The molecule has 1 saturated heterocycles. The van der Waals surface area contributed by atoms with Crippen LogP contribution in [-0.2, 0) is 10.7 Å². The zero-order valence-corrected chi connectivity index (χ0v) is 16.8. The average molecular weight is 452 g/mol. The number of hydrogen-bond donors (Lipinski definition) is 2. The van der Waals surface area contributed by atoms with Crippen LogP contribution < -0.4 is 5.32 Å². The van der Waals surface area contributed by atoms with Gasteiger partial charge in [0.25, 0.3) is 11.8 Å². The fourth-order valence-corrected chi connectivity index (χ4v) is 3.41. The maximum Gasteiger partial charge on any atom is 0.351 e. The summed E-state index contributed by atoms with van der Waals surface area (Å²) in [5, 5.41) is 11.5. The van der Waals surface area contributed by atoms with E-state index in [4.69, 9.17) is 18.2 Å². The molecular formula is C21H17ClF3N3O3. The number of nitrogens with zero attached hydrogens (tertiary/aromatic N) is 2. The molecule has 0 spiro atoms. The smallest absolute Gasteiger partial charge is 0.351 e. The highest BCUT2D eigenvalue weighted by molar-refractivity contribution is 6.32. The molecule has 31 heavy (non-hydrogen) atoms. The fourth-order valence-electron chi connectivity index (χ4n) is 3.17. The van der Waals surface area contributed by atoms with Crippen LogP contribution in [0.4, 0.5) is 24.5 Å². The summed E-state index contributed by atoms with van der Waals surface area (Å²) in [5.74, 6) is -7.00. The maximum atomic E-state index is 15.0. The number of piperidine rings is 1. The Bertz CT molecular complexity index is 1060. The highest BCUT2D eigenvalue weighted by atomic mass is 35.5. The summed E-state index contributed by atoms with van der Waals surface area (Å²) in [6, 6.07) is 6.45. The van der Waals surface area contributed by atoms with E-state index in [2.05, 4.69) is 10.2 Å². The van der Waals surface area contributed by atoms with Crippen molar-refractivity contribution in [2.45, 2.75) is 24.9 Å². The van der Waals surface area contributed by atoms with Crippen LogP contribution in [0.1, 0.15) is 28.8 Å². The van der Waals surface area contributed by atoms with Crippen molar-refractivity contribution in [3.63, 3.8) is 0 Å². The predicted molar refractivity (Wildman–Crippen MR) is 108 cm³/mol. The Hall–Kier alpha value is -3.09. The van der Waals surface area contributed by atoms with Gasteiger partial charge in [-0.15, -0.1) is 0 Å². The second-order valence-electron chi connectivity index (χ2n) is 7.02. The third kappa shape index (κ3) is 4.81. The number of nitrogens with one attached hydrogen (secondary N) is 1. The number of hydrogen-bond acceptors (Lipinski definition) is 3. The van der Waals surface area contributed by atoms with Crippen LogP contribution in [0, 0.1) is 12.4 Å². The predicted octanol–water partition coefficient (Wildman–Crippen LogP) is 4.36. The van der Waals surface area contributed by atoms with Crippen LogP contribution in [0.25, 0.3) is 4.85 Å². The number of amides is 2. The van der Waals surface area contributed by atoms with Gasteiger partial charge in [0.2, 0.25) is 5.69 Å². The van der Waals surface area contributed by atoms with Gasteiger partial charge in [0.1, 0.15) is 5.82 Å². The number of alkyl halides is 2. The van der Waals surface area contributed by atoms with Gasteiger partial charge in [0, 0.05) is 24.3 Å². The SMILES string of the molecule is [C-]#[N+]c1cc(NC(=O)c2ccc(Cl)c(C(F)(F)C(=O)N3CCC(O)CC3)c2)ccc1F. The molecular weight excluding hydrogens is 435 g/mol. The lowest BCUT2D eigenvalue weighted by Crippen LogP contribution is -2.47. The Balaban J connectivity index is 1.84. The van der Waals surface area contributed by atoms with E-state index in [1.54, 1.807) is 0 Å². The molecule has 1 heterocycles. The van der Waals surface area contributed by atoms with E-state index in [-0.39, 0.29) is 47.9 Å². The van der Waals surface area contributed by atoms with E-state index in [1.807, 2.05) is 0 Å². The first-order valence-corrected chi connectivity index (χ1v) is 9.65. The molecule has 2 amide bonds. The summed E-state index contributed by atoms with van der Waals surface area (Å²) in [7, 11) is 0. The van der Waals surface area contributed by atoms with Gasteiger partial charge in [-0.3, -0.25) is 9.59 Å². The standard InChI is InChI=1S/C21H17ClF3N3O3/c1-26-18-11-13(3-5-17(18)23)27-19(30)12-2-4-16(22)15(10-12)21(24,25)20(31)28-8-6-14(29)7-9-28/h2-5,10-11,14,29H,6-9H2,(H,27,30). The number of anilines is 1. The van der Waals surface area contributed by atoms with Crippen LogP contribution in [0.3, 0.4) is 0 Å². The first-order valence-electron chi connectivity index (χ1n) is 9.27. The van der Waals surface area contributed by atoms with Gasteiger partial charge < -0.3 is 15.3 Å². The highest BCUT2D eigenvalue weighted by Crippen LogP contribution is 2.36. The Morgan fingerprint density at radius 3 is 2.52 bits per heavy atom. The summed E-state index contributed by atoms with van der Waals surface area (Å²) in [5.41, 5.74) is -1.23. The third-order valence-corrected chi connectivity index (χ3v) is 5.24. The van der Waals surface area contributed by atoms with Crippen LogP contribution in [0.15, 0.2) is 36.4 Å². The lowest BCUT2D eigenvalue weighted by molar-refractivity contribution is -0.161. The van der Waals surface area contributed by atoms with Crippen molar-refractivity contribution in [3.05, 3.63) is 69.8 Å². The molecule has 2 N–H and O–H groups in total. The molecule has 0 saturated carbocycles. The number of carbonyl (C=O) groups is 2. The summed E-state index contributed by atoms with van der Waals surface area (Å²) < 4.78 is 43.4. The number of aliphatic hydroxyl groups excluding tert-OH is 1. The summed E-state index contributed by atoms with van der Waals surface area (Å²) in [4.78, 5) is 28.9. The molecule has 10 heteroatoms. The van der Waals surface area contributed by atoms with Gasteiger partial charge in [-0.05, 0) is 49.2 Å². The largest absolute Gasteiger partial charge is 0.393 e. The quantitative estimate of drug-likeness (QED) is 0.678. The van der Waals surface area contributed by atoms with Crippen LogP contribution in [0.5, 0.6) is 0 Å². The molecule has 162 valence electrons. The lowest BCUT2D eigenvalue weighted by Gasteiger charge is -2.32. The average Bonchev–Trinajstić information content (AvgIpc) is 2.75. The molecule has 0 radical (unpaired) electrons. The van der Waals surface area contributed by atoms with E-state index in [1.165, 1.54) is 12.1 Å². The molecule has 6 nitrogen and oxygen atoms in total. The normalized spacial score (nSPS) is 14.8. The lowest BCUT2D eigenvalue weighted by atomic mass is 10.0. The molecule has 2 aromatic rings. The molecule has 1 fully saturated rings. The van der Waals surface area contributed by atoms with Gasteiger partial charge in [0.05, 0.1) is 23.3 Å². The number of rotatable bonds is 4. The molecule has 1 aliphatic rings. The van der Waals surface area contributed by atoms with Gasteiger partial charge in [0.15, 0.2) is 0 Å². The number of likely N-dealkylation sites (tertiary alicyclic amines) is 1. The second-order valence-corrected chi connectivity index (χ2v) is 7.43. The van der Waals surface area contributed by atoms with E-state index < -0.39 is 35.2 Å². The minimum Gasteiger partial charge on any atom is -0.393 e. The zero-order chi connectivity index (χ0) is 22.8. The zero-order valence-electron chi connectivity index (χ0n) is 16.0. The van der Waals surface area contributed by atoms with E-state index >= 15 is 0 Å².